The van der Waals surface area contributed by atoms with Gasteiger partial charge >= 0.3 is 0 Å². The molecule has 9 heteroatoms. The Morgan fingerprint density at radius 1 is 1.42 bits per heavy atom. The molecule has 7 nitrogen and oxygen atoms in total. The Morgan fingerprint density at radius 3 is 2.75 bits per heavy atom. The Balaban J connectivity index is 0.00000288. The molecule has 0 aliphatic carbocycles. The summed E-state index contributed by atoms with van der Waals surface area (Å²) in [6.07, 6.45) is 4.81. The number of halogens is 1. The van der Waals surface area contributed by atoms with Crippen molar-refractivity contribution in [2.45, 2.75) is 25.8 Å². The number of hydrogen-bond donors (Lipinski definition) is 1. The third-order valence-electron chi connectivity index (χ3n) is 4.08. The fourth-order valence-corrected chi connectivity index (χ4v) is 3.52. The van der Waals surface area contributed by atoms with Crippen molar-refractivity contribution in [1.29, 1.82) is 0 Å². The predicted octanol–water partition coefficient (Wildman–Crippen LogP) is 0.773. The SMILES string of the molecule is CCC[C@H]1CN(CCS(C)(=O)=O)C[C@@H]1NC(=O)c1cccnn1.Cl. The van der Waals surface area contributed by atoms with Crippen molar-refractivity contribution in [3.63, 3.8) is 0 Å². The highest BCUT2D eigenvalue weighted by atomic mass is 35.5. The Morgan fingerprint density at radius 2 is 2.17 bits per heavy atom. The highest BCUT2D eigenvalue weighted by molar-refractivity contribution is 7.90. The Labute approximate surface area is 149 Å². The first-order valence-electron chi connectivity index (χ1n) is 7.87. The van der Waals surface area contributed by atoms with E-state index in [1.54, 1.807) is 12.1 Å². The van der Waals surface area contributed by atoms with E-state index < -0.39 is 9.84 Å². The number of sulfone groups is 1. The summed E-state index contributed by atoms with van der Waals surface area (Å²) in [6.45, 7) is 4.11. The number of likely N-dealkylation sites (tertiary alicyclic amines) is 1. The van der Waals surface area contributed by atoms with Crippen LogP contribution in [0.4, 0.5) is 0 Å². The molecule has 0 unspecified atom stereocenters. The van der Waals surface area contributed by atoms with Crippen LogP contribution in [0.15, 0.2) is 18.3 Å². The highest BCUT2D eigenvalue weighted by Crippen LogP contribution is 2.22. The van der Waals surface area contributed by atoms with Gasteiger partial charge in [0.2, 0.25) is 0 Å². The van der Waals surface area contributed by atoms with Crippen molar-refractivity contribution in [3.8, 4) is 0 Å². The summed E-state index contributed by atoms with van der Waals surface area (Å²) in [5, 5.41) is 10.6. The number of carbonyl (C=O) groups is 1. The van der Waals surface area contributed by atoms with Crippen molar-refractivity contribution in [1.82, 2.24) is 20.4 Å². The Bertz CT molecular complexity index is 627. The monoisotopic (exact) mass is 376 g/mol. The average molecular weight is 377 g/mol. The molecule has 0 radical (unpaired) electrons. The number of amides is 1. The van der Waals surface area contributed by atoms with Gasteiger partial charge < -0.3 is 5.32 Å². The Hall–Kier alpha value is -1.25. The second-order valence-corrected chi connectivity index (χ2v) is 8.39. The van der Waals surface area contributed by atoms with Gasteiger partial charge in [0.25, 0.3) is 5.91 Å². The summed E-state index contributed by atoms with van der Waals surface area (Å²) in [5.74, 6) is 0.255. The smallest absolute Gasteiger partial charge is 0.272 e. The molecule has 1 aromatic rings. The Kier molecular flexibility index (Phi) is 8.05. The van der Waals surface area contributed by atoms with Crippen molar-refractivity contribution in [2.75, 3.05) is 31.6 Å². The van der Waals surface area contributed by atoms with Crippen LogP contribution in [0.25, 0.3) is 0 Å². The molecule has 0 bridgehead atoms. The molecule has 0 saturated carbocycles. The first kappa shape index (κ1) is 20.8. The molecule has 24 heavy (non-hydrogen) atoms. The molecule has 1 aliphatic heterocycles. The normalized spacial score (nSPS) is 21.2. The summed E-state index contributed by atoms with van der Waals surface area (Å²) in [6, 6.07) is 3.33. The quantitative estimate of drug-likeness (QED) is 0.755. The van der Waals surface area contributed by atoms with Crippen LogP contribution in [0.1, 0.15) is 30.3 Å². The summed E-state index contributed by atoms with van der Waals surface area (Å²) < 4.78 is 22.7. The first-order chi connectivity index (χ1) is 10.9. The van der Waals surface area contributed by atoms with E-state index in [0.29, 0.717) is 24.7 Å². The number of hydrogen-bond acceptors (Lipinski definition) is 6. The fraction of sp³-hybridized carbons (Fsp3) is 0.667. The van der Waals surface area contributed by atoms with Crippen molar-refractivity contribution in [2.24, 2.45) is 5.92 Å². The van der Waals surface area contributed by atoms with E-state index in [0.717, 1.165) is 19.4 Å². The lowest BCUT2D eigenvalue weighted by atomic mass is 9.98. The summed E-state index contributed by atoms with van der Waals surface area (Å²) in [7, 11) is -2.97. The van der Waals surface area contributed by atoms with Gasteiger partial charge in [-0.25, -0.2) is 8.42 Å². The van der Waals surface area contributed by atoms with E-state index in [9.17, 15) is 13.2 Å². The maximum atomic E-state index is 12.2. The molecule has 1 fully saturated rings. The third kappa shape index (κ3) is 6.33. The van der Waals surface area contributed by atoms with Gasteiger partial charge in [-0.2, -0.15) is 5.10 Å². The van der Waals surface area contributed by atoms with Crippen LogP contribution in [-0.4, -0.2) is 67.1 Å². The summed E-state index contributed by atoms with van der Waals surface area (Å²) in [4.78, 5) is 14.4. The number of carbonyl (C=O) groups excluding carboxylic acids is 1. The molecule has 2 atom stereocenters. The van der Waals surface area contributed by atoms with Crippen molar-refractivity contribution >= 4 is 28.2 Å². The molecular weight excluding hydrogens is 352 g/mol. The second kappa shape index (κ2) is 9.29. The molecule has 2 heterocycles. The fourth-order valence-electron chi connectivity index (χ4n) is 2.93. The topological polar surface area (TPSA) is 92.3 Å². The van der Waals surface area contributed by atoms with Gasteiger partial charge in [-0.1, -0.05) is 13.3 Å². The zero-order valence-electron chi connectivity index (χ0n) is 14.0. The average Bonchev–Trinajstić information content (AvgIpc) is 2.88. The maximum Gasteiger partial charge on any atom is 0.272 e. The molecule has 136 valence electrons. The van der Waals surface area contributed by atoms with Crippen molar-refractivity contribution in [3.05, 3.63) is 24.0 Å². The lowest BCUT2D eigenvalue weighted by molar-refractivity contribution is 0.0923. The zero-order chi connectivity index (χ0) is 16.9. The molecule has 1 amide bonds. The minimum atomic E-state index is -2.97. The molecular formula is C15H25ClN4O3S. The first-order valence-corrected chi connectivity index (χ1v) is 9.93. The standard InChI is InChI=1S/C15H24N4O3S.ClH/c1-3-5-12-10-19(8-9-23(2,21)22)11-14(12)17-15(20)13-6-4-7-16-18-13;/h4,6-7,12,14H,3,5,8-11H2,1-2H3,(H,17,20);1H/t12-,14-;/m0./s1. The van der Waals surface area contributed by atoms with Crippen LogP contribution < -0.4 is 5.32 Å². The molecule has 1 aromatic heterocycles. The van der Waals surface area contributed by atoms with Gasteiger partial charge in [0.05, 0.1) is 5.75 Å². The molecule has 1 aliphatic rings. The number of aromatic nitrogens is 2. The molecule has 2 rings (SSSR count). The second-order valence-electron chi connectivity index (χ2n) is 6.13. The van der Waals surface area contributed by atoms with Crippen LogP contribution in [0.3, 0.4) is 0 Å². The lowest BCUT2D eigenvalue weighted by Gasteiger charge is -2.18. The van der Waals surface area contributed by atoms with Crippen LogP contribution >= 0.6 is 12.4 Å². The maximum absolute atomic E-state index is 12.2. The van der Waals surface area contributed by atoms with E-state index >= 15 is 0 Å². The van der Waals surface area contributed by atoms with E-state index in [1.807, 2.05) is 0 Å². The largest absolute Gasteiger partial charge is 0.346 e. The molecule has 0 spiro atoms. The molecule has 1 saturated heterocycles. The third-order valence-corrected chi connectivity index (χ3v) is 5.00. The van der Waals surface area contributed by atoms with Crippen LogP contribution in [0.5, 0.6) is 0 Å². The van der Waals surface area contributed by atoms with Crippen molar-refractivity contribution < 1.29 is 13.2 Å². The predicted molar refractivity (Wildman–Crippen MR) is 95.1 cm³/mol. The van der Waals surface area contributed by atoms with Gasteiger partial charge in [-0.15, -0.1) is 17.5 Å². The van der Waals surface area contributed by atoms with Crippen LogP contribution in [-0.2, 0) is 9.84 Å². The van der Waals surface area contributed by atoms with Gasteiger partial charge in [-0.3, -0.25) is 9.69 Å². The summed E-state index contributed by atoms with van der Waals surface area (Å²) >= 11 is 0. The van der Waals surface area contributed by atoms with E-state index in [1.165, 1.54) is 12.5 Å². The number of rotatable bonds is 7. The highest BCUT2D eigenvalue weighted by Gasteiger charge is 2.33. The van der Waals surface area contributed by atoms with Gasteiger partial charge in [0.1, 0.15) is 9.84 Å². The van der Waals surface area contributed by atoms with Crippen LogP contribution in [0.2, 0.25) is 0 Å². The van der Waals surface area contributed by atoms with Gasteiger partial charge in [0, 0.05) is 38.1 Å². The number of nitrogens with zero attached hydrogens (tertiary/aromatic N) is 3. The minimum Gasteiger partial charge on any atom is -0.346 e. The molecule has 0 aromatic carbocycles. The zero-order valence-corrected chi connectivity index (χ0v) is 15.6. The van der Waals surface area contributed by atoms with E-state index in [-0.39, 0.29) is 30.1 Å². The minimum absolute atomic E-state index is 0. The van der Waals surface area contributed by atoms with E-state index in [4.69, 9.17) is 0 Å². The van der Waals surface area contributed by atoms with Gasteiger partial charge in [0.15, 0.2) is 5.69 Å². The van der Waals surface area contributed by atoms with Crippen LogP contribution in [0, 0.1) is 5.92 Å². The van der Waals surface area contributed by atoms with Gasteiger partial charge in [-0.05, 0) is 24.5 Å². The molecule has 1 N–H and O–H groups in total. The summed E-state index contributed by atoms with van der Waals surface area (Å²) in [5.41, 5.74) is 0.303. The number of nitrogens with one attached hydrogen (secondary N) is 1. The lowest BCUT2D eigenvalue weighted by Crippen LogP contribution is -2.41. The van der Waals surface area contributed by atoms with E-state index in [2.05, 4.69) is 27.3 Å².